The van der Waals surface area contributed by atoms with Gasteiger partial charge in [-0.15, -0.1) is 0 Å². The van der Waals surface area contributed by atoms with Crippen LogP contribution < -0.4 is 9.47 Å². The molecule has 1 saturated carbocycles. The van der Waals surface area contributed by atoms with Crippen molar-refractivity contribution in [1.29, 1.82) is 0 Å². The molecule has 3 aromatic heterocycles. The SMILES string of the molecule is CCn1cncc1Cn1c(CN2C[C@@H]3[C@H](C2)[C@H]3c2nc(OCc3ccc(Cl)cc3F)ccc2F)nc2c(OC)cc(C(=O)O)cc21. The minimum Gasteiger partial charge on any atom is -0.494 e. The number of hydrogen-bond acceptors (Lipinski definition) is 7. The third kappa shape index (κ3) is 5.56. The molecular weight excluding hydrogens is 618 g/mol. The maximum absolute atomic E-state index is 15.0. The monoisotopic (exact) mass is 648 g/mol. The molecular formula is C33H31ClF2N6O4. The number of hydrogen-bond donors (Lipinski definition) is 1. The van der Waals surface area contributed by atoms with E-state index >= 15 is 0 Å². The van der Waals surface area contributed by atoms with Gasteiger partial charge in [0.05, 0.1) is 49.0 Å². The highest BCUT2D eigenvalue weighted by molar-refractivity contribution is 6.30. The van der Waals surface area contributed by atoms with E-state index in [1.807, 2.05) is 16.1 Å². The minimum atomic E-state index is -1.05. The smallest absolute Gasteiger partial charge is 0.335 e. The summed E-state index contributed by atoms with van der Waals surface area (Å²) in [6, 6.07) is 10.3. The van der Waals surface area contributed by atoms with Gasteiger partial charge in [0, 0.05) is 48.4 Å². The van der Waals surface area contributed by atoms with Gasteiger partial charge in [0.15, 0.2) is 0 Å². The number of carbonyl (C=O) groups is 1. The minimum absolute atomic E-state index is 0.0389. The zero-order chi connectivity index (χ0) is 32.1. The van der Waals surface area contributed by atoms with Crippen LogP contribution in [0.2, 0.25) is 5.02 Å². The number of methoxy groups -OCH3 is 1. The lowest BCUT2D eigenvalue weighted by Crippen LogP contribution is -2.26. The number of imidazole rings is 2. The van der Waals surface area contributed by atoms with E-state index in [0.717, 1.165) is 31.2 Å². The van der Waals surface area contributed by atoms with E-state index in [0.29, 0.717) is 46.2 Å². The van der Waals surface area contributed by atoms with Gasteiger partial charge in [-0.25, -0.2) is 28.5 Å². The molecule has 1 saturated heterocycles. The number of nitrogens with zero attached hydrogens (tertiary/aromatic N) is 6. The van der Waals surface area contributed by atoms with Crippen LogP contribution in [0.15, 0.2) is 55.0 Å². The molecule has 4 heterocycles. The summed E-state index contributed by atoms with van der Waals surface area (Å²) in [5.41, 5.74) is 3.04. The summed E-state index contributed by atoms with van der Waals surface area (Å²) in [6.45, 7) is 5.16. The van der Waals surface area contributed by atoms with Crippen LogP contribution in [0.5, 0.6) is 11.6 Å². The number of ether oxygens (including phenoxy) is 2. The lowest BCUT2D eigenvalue weighted by Gasteiger charge is -2.20. The third-order valence-electron chi connectivity index (χ3n) is 9.01. The van der Waals surface area contributed by atoms with E-state index in [9.17, 15) is 18.7 Å². The molecule has 3 atom stereocenters. The number of fused-ring (bicyclic) bond motifs is 2. The Hall–Kier alpha value is -4.55. The number of carboxylic acids is 1. The first kappa shape index (κ1) is 30.1. The molecule has 0 spiro atoms. The number of carboxylic acid groups (broad SMARTS) is 1. The summed E-state index contributed by atoms with van der Waals surface area (Å²) >= 11 is 5.84. The van der Waals surface area contributed by atoms with E-state index in [1.54, 1.807) is 30.7 Å². The number of halogens is 3. The molecule has 238 valence electrons. The lowest BCUT2D eigenvalue weighted by molar-refractivity contribution is 0.0696. The molecule has 7 rings (SSSR count). The number of benzene rings is 2. The van der Waals surface area contributed by atoms with Crippen LogP contribution in [0.3, 0.4) is 0 Å². The Kier molecular flexibility index (Phi) is 7.85. The normalized spacial score (nSPS) is 19.0. The fourth-order valence-corrected chi connectivity index (χ4v) is 6.79. The number of aryl methyl sites for hydroxylation is 1. The average molecular weight is 649 g/mol. The van der Waals surface area contributed by atoms with Crippen molar-refractivity contribution in [3.05, 3.63) is 100.0 Å². The van der Waals surface area contributed by atoms with Gasteiger partial charge in [0.1, 0.15) is 35.3 Å². The molecule has 1 N–H and O–H groups in total. The zero-order valence-electron chi connectivity index (χ0n) is 25.2. The second-order valence-corrected chi connectivity index (χ2v) is 12.2. The first-order valence-corrected chi connectivity index (χ1v) is 15.4. The fourth-order valence-electron chi connectivity index (χ4n) is 6.63. The van der Waals surface area contributed by atoms with Gasteiger partial charge < -0.3 is 23.7 Å². The number of pyridine rings is 1. The topological polar surface area (TPSA) is 108 Å². The quantitative estimate of drug-likeness (QED) is 0.193. The predicted molar refractivity (Wildman–Crippen MR) is 165 cm³/mol. The van der Waals surface area contributed by atoms with Crippen molar-refractivity contribution < 1.29 is 28.2 Å². The summed E-state index contributed by atoms with van der Waals surface area (Å²) in [7, 11) is 1.50. The molecule has 0 bridgehead atoms. The van der Waals surface area contributed by atoms with E-state index in [2.05, 4.69) is 14.9 Å². The van der Waals surface area contributed by atoms with Gasteiger partial charge >= 0.3 is 5.97 Å². The fraction of sp³-hybridized carbons (Fsp3) is 0.333. The summed E-state index contributed by atoms with van der Waals surface area (Å²) < 4.78 is 44.5. The van der Waals surface area contributed by atoms with Crippen LogP contribution in [0, 0.1) is 23.5 Å². The van der Waals surface area contributed by atoms with Crippen molar-refractivity contribution in [2.45, 2.75) is 39.1 Å². The number of aromatic nitrogens is 5. The van der Waals surface area contributed by atoms with Crippen molar-refractivity contribution in [3.8, 4) is 11.6 Å². The molecule has 46 heavy (non-hydrogen) atoms. The van der Waals surface area contributed by atoms with Crippen molar-refractivity contribution in [2.24, 2.45) is 11.8 Å². The number of aromatic carboxylic acids is 1. The molecule has 0 unspecified atom stereocenters. The maximum atomic E-state index is 15.0. The molecule has 0 radical (unpaired) electrons. The summed E-state index contributed by atoms with van der Waals surface area (Å²) in [5.74, 6) is -0.102. The van der Waals surface area contributed by atoms with Crippen LogP contribution >= 0.6 is 11.6 Å². The number of piperidine rings is 1. The largest absolute Gasteiger partial charge is 0.494 e. The zero-order valence-corrected chi connectivity index (χ0v) is 25.9. The Morgan fingerprint density at radius 3 is 2.59 bits per heavy atom. The van der Waals surface area contributed by atoms with Gasteiger partial charge in [-0.2, -0.15) is 0 Å². The van der Waals surface area contributed by atoms with E-state index < -0.39 is 11.8 Å². The van der Waals surface area contributed by atoms with Crippen molar-refractivity contribution >= 4 is 28.6 Å². The van der Waals surface area contributed by atoms with Crippen LogP contribution in [0.25, 0.3) is 11.0 Å². The van der Waals surface area contributed by atoms with E-state index in [4.69, 9.17) is 26.1 Å². The lowest BCUT2D eigenvalue weighted by atomic mass is 10.1. The first-order valence-electron chi connectivity index (χ1n) is 15.0. The van der Waals surface area contributed by atoms with E-state index in [-0.39, 0.29) is 41.6 Å². The van der Waals surface area contributed by atoms with Crippen molar-refractivity contribution in [3.63, 3.8) is 0 Å². The van der Waals surface area contributed by atoms with Crippen molar-refractivity contribution in [1.82, 2.24) is 29.0 Å². The van der Waals surface area contributed by atoms with E-state index in [1.165, 1.54) is 31.4 Å². The van der Waals surface area contributed by atoms with Gasteiger partial charge in [-0.3, -0.25) is 4.90 Å². The standard InChI is InChI=1S/C33H31ClF2N6O4/c1-3-41-17-37-11-21(41)12-42-26-8-19(33(43)44)9-27(45-2)32(26)38-28(42)15-40-13-22-23(14-40)30(22)31-24(35)6-7-29(39-31)46-16-18-4-5-20(34)10-25(18)36/h4-11,17,22-23,30H,3,12-16H2,1-2H3,(H,43,44)/t22-,23+,30+. The molecule has 0 amide bonds. The van der Waals surface area contributed by atoms with Crippen LogP contribution in [0.4, 0.5) is 8.78 Å². The second kappa shape index (κ2) is 12.0. The molecule has 1 aliphatic carbocycles. The molecule has 2 aromatic carbocycles. The molecule has 13 heteroatoms. The van der Waals surface area contributed by atoms with Gasteiger partial charge in [0.25, 0.3) is 0 Å². The number of likely N-dealkylation sites (tertiary alicyclic amines) is 1. The molecule has 2 fully saturated rings. The Bertz CT molecular complexity index is 1950. The number of rotatable bonds is 11. The Morgan fingerprint density at radius 2 is 1.87 bits per heavy atom. The van der Waals surface area contributed by atoms with Crippen LogP contribution in [-0.4, -0.2) is 60.3 Å². The Morgan fingerprint density at radius 1 is 1.07 bits per heavy atom. The highest BCUT2D eigenvalue weighted by atomic mass is 35.5. The van der Waals surface area contributed by atoms with Crippen LogP contribution in [0.1, 0.15) is 46.0 Å². The Balaban J connectivity index is 1.10. The molecule has 1 aliphatic heterocycles. The molecule has 5 aromatic rings. The van der Waals surface area contributed by atoms with Gasteiger partial charge in [-0.05, 0) is 49.1 Å². The second-order valence-electron chi connectivity index (χ2n) is 11.7. The third-order valence-corrected chi connectivity index (χ3v) is 9.25. The summed E-state index contributed by atoms with van der Waals surface area (Å²) in [4.78, 5) is 27.9. The Labute approximate surface area is 268 Å². The molecule has 2 aliphatic rings. The summed E-state index contributed by atoms with van der Waals surface area (Å²) in [6.07, 6.45) is 3.58. The summed E-state index contributed by atoms with van der Waals surface area (Å²) in [5, 5.41) is 10.1. The highest BCUT2D eigenvalue weighted by Gasteiger charge is 2.57. The van der Waals surface area contributed by atoms with Crippen molar-refractivity contribution in [2.75, 3.05) is 20.2 Å². The van der Waals surface area contributed by atoms with Gasteiger partial charge in [-0.1, -0.05) is 17.7 Å². The van der Waals surface area contributed by atoms with Gasteiger partial charge in [0.2, 0.25) is 5.88 Å². The first-order chi connectivity index (χ1) is 22.2. The van der Waals surface area contributed by atoms with Crippen LogP contribution in [-0.2, 0) is 26.2 Å². The molecule has 10 nitrogen and oxygen atoms in total. The predicted octanol–water partition coefficient (Wildman–Crippen LogP) is 5.76. The maximum Gasteiger partial charge on any atom is 0.335 e. The average Bonchev–Trinajstić information content (AvgIpc) is 3.38. The highest BCUT2D eigenvalue weighted by Crippen LogP contribution is 2.58.